The first-order chi connectivity index (χ1) is 9.42. The summed E-state index contributed by atoms with van der Waals surface area (Å²) in [5.41, 5.74) is 6.55. The fourth-order valence-corrected chi connectivity index (χ4v) is 2.11. The van der Waals surface area contributed by atoms with Gasteiger partial charge in [0.05, 0.1) is 19.7 Å². The molecule has 6 nitrogen and oxygen atoms in total. The number of ether oxygens (including phenoxy) is 1. The van der Waals surface area contributed by atoms with E-state index in [0.717, 1.165) is 10.0 Å². The van der Waals surface area contributed by atoms with E-state index < -0.39 is 0 Å². The molecule has 20 heavy (non-hydrogen) atoms. The predicted molar refractivity (Wildman–Crippen MR) is 78.9 cm³/mol. The maximum atomic E-state index is 11.5. The topological polar surface area (TPSA) is 85.5 Å². The fraction of sp³-hybridized carbons (Fsp3) is 0.462. The van der Waals surface area contributed by atoms with Gasteiger partial charge >= 0.3 is 5.97 Å². The number of carbonyl (C=O) groups excluding carboxylic acids is 2. The number of aromatic nitrogens is 1. The molecule has 0 saturated heterocycles. The maximum Gasteiger partial charge on any atom is 0.320 e. The molecule has 0 aromatic carbocycles. The lowest BCUT2D eigenvalue weighted by molar-refractivity contribution is -0.144. The summed E-state index contributed by atoms with van der Waals surface area (Å²) in [7, 11) is 0. The van der Waals surface area contributed by atoms with Crippen molar-refractivity contribution in [2.24, 2.45) is 0 Å². The van der Waals surface area contributed by atoms with Crippen LogP contribution < -0.4 is 5.73 Å². The second-order valence-electron chi connectivity index (χ2n) is 4.35. The van der Waals surface area contributed by atoms with Gasteiger partial charge in [0.15, 0.2) is 0 Å². The lowest BCUT2D eigenvalue weighted by atomic mass is 10.2. The number of esters is 1. The zero-order valence-electron chi connectivity index (χ0n) is 11.6. The van der Waals surface area contributed by atoms with Crippen molar-refractivity contribution in [2.75, 3.05) is 25.4 Å². The van der Waals surface area contributed by atoms with Crippen molar-refractivity contribution in [1.29, 1.82) is 0 Å². The number of nitrogens with two attached hydrogens (primary N) is 1. The minimum atomic E-state index is -0.365. The van der Waals surface area contributed by atoms with Crippen molar-refractivity contribution in [3.63, 3.8) is 0 Å². The molecule has 0 aliphatic heterocycles. The highest BCUT2D eigenvalue weighted by Crippen LogP contribution is 2.17. The standard InChI is InChI=1S/C13H18BrN3O3/c1-3-20-12(19)8-17(6-9(2)18)7-10-4-11(14)5-16-13(10)15/h4-5H,3,6-8H2,1-2H3,(H2,15,16). The fourth-order valence-electron chi connectivity index (χ4n) is 1.73. The molecule has 7 heteroatoms. The van der Waals surface area contributed by atoms with Crippen LogP contribution in [0.5, 0.6) is 0 Å². The van der Waals surface area contributed by atoms with Gasteiger partial charge in [-0.3, -0.25) is 14.5 Å². The number of Topliss-reactive ketones (excluding diaryl/α,β-unsaturated/α-hetero) is 1. The molecule has 1 rings (SSSR count). The molecule has 0 atom stereocenters. The normalized spacial score (nSPS) is 10.6. The third-order valence-corrected chi connectivity index (χ3v) is 2.90. The van der Waals surface area contributed by atoms with E-state index in [9.17, 15) is 9.59 Å². The van der Waals surface area contributed by atoms with Gasteiger partial charge in [-0.15, -0.1) is 0 Å². The molecule has 110 valence electrons. The first kappa shape index (κ1) is 16.6. The Bertz CT molecular complexity index is 494. The third kappa shape index (κ3) is 5.66. The molecule has 0 unspecified atom stereocenters. The van der Waals surface area contributed by atoms with Crippen LogP contribution >= 0.6 is 15.9 Å². The SMILES string of the molecule is CCOC(=O)CN(CC(C)=O)Cc1cc(Br)cnc1N. The van der Waals surface area contributed by atoms with Gasteiger partial charge in [0, 0.05) is 22.8 Å². The molecule has 0 spiro atoms. The molecule has 1 aromatic heterocycles. The Kier molecular flexibility index (Phi) is 6.60. The number of nitrogens with zero attached hydrogens (tertiary/aromatic N) is 2. The molecule has 1 aromatic rings. The molecule has 0 aliphatic rings. The van der Waals surface area contributed by atoms with E-state index in [1.54, 1.807) is 18.0 Å². The highest BCUT2D eigenvalue weighted by atomic mass is 79.9. The van der Waals surface area contributed by atoms with Crippen LogP contribution in [0.3, 0.4) is 0 Å². The van der Waals surface area contributed by atoms with E-state index in [0.29, 0.717) is 19.0 Å². The average molecular weight is 344 g/mol. The summed E-state index contributed by atoms with van der Waals surface area (Å²) < 4.78 is 5.69. The monoisotopic (exact) mass is 343 g/mol. The molecular weight excluding hydrogens is 326 g/mol. The Morgan fingerprint density at radius 3 is 2.75 bits per heavy atom. The maximum absolute atomic E-state index is 11.5. The van der Waals surface area contributed by atoms with Gasteiger partial charge in [0.25, 0.3) is 0 Å². The quantitative estimate of drug-likeness (QED) is 0.752. The molecule has 1 heterocycles. The second-order valence-corrected chi connectivity index (χ2v) is 5.27. The summed E-state index contributed by atoms with van der Waals surface area (Å²) in [5.74, 6) is -0.0169. The Morgan fingerprint density at radius 1 is 1.45 bits per heavy atom. The molecule has 0 saturated carbocycles. The van der Waals surface area contributed by atoms with Crippen molar-refractivity contribution < 1.29 is 14.3 Å². The number of pyridine rings is 1. The third-order valence-electron chi connectivity index (χ3n) is 2.47. The number of nitrogen functional groups attached to an aromatic ring is 1. The van der Waals surface area contributed by atoms with Crippen LogP contribution in [0.25, 0.3) is 0 Å². The summed E-state index contributed by atoms with van der Waals surface area (Å²) in [6, 6.07) is 1.82. The lowest BCUT2D eigenvalue weighted by Crippen LogP contribution is -2.34. The Hall–Kier alpha value is -1.47. The molecular formula is C13H18BrN3O3. The lowest BCUT2D eigenvalue weighted by Gasteiger charge is -2.20. The van der Waals surface area contributed by atoms with E-state index in [2.05, 4.69) is 20.9 Å². The van der Waals surface area contributed by atoms with E-state index in [4.69, 9.17) is 10.5 Å². The van der Waals surface area contributed by atoms with E-state index in [1.807, 2.05) is 6.07 Å². The van der Waals surface area contributed by atoms with Gasteiger partial charge < -0.3 is 10.5 Å². The summed E-state index contributed by atoms with van der Waals surface area (Å²) in [4.78, 5) is 28.5. The van der Waals surface area contributed by atoms with Crippen molar-refractivity contribution in [1.82, 2.24) is 9.88 Å². The van der Waals surface area contributed by atoms with Gasteiger partial charge in [0.1, 0.15) is 11.6 Å². The zero-order valence-corrected chi connectivity index (χ0v) is 13.1. The van der Waals surface area contributed by atoms with E-state index in [-0.39, 0.29) is 24.8 Å². The minimum absolute atomic E-state index is 0.0316. The summed E-state index contributed by atoms with van der Waals surface area (Å²) in [6.07, 6.45) is 1.60. The van der Waals surface area contributed by atoms with E-state index >= 15 is 0 Å². The highest BCUT2D eigenvalue weighted by Gasteiger charge is 2.15. The van der Waals surface area contributed by atoms with Crippen LogP contribution in [0, 0.1) is 0 Å². The second kappa shape index (κ2) is 7.96. The largest absolute Gasteiger partial charge is 0.465 e. The van der Waals surface area contributed by atoms with Crippen LogP contribution in [0.1, 0.15) is 19.4 Å². The van der Waals surface area contributed by atoms with Gasteiger partial charge in [-0.05, 0) is 35.8 Å². The van der Waals surface area contributed by atoms with Gasteiger partial charge in [-0.2, -0.15) is 0 Å². The van der Waals surface area contributed by atoms with Gasteiger partial charge in [0.2, 0.25) is 0 Å². The van der Waals surface area contributed by atoms with Crippen LogP contribution in [-0.4, -0.2) is 41.3 Å². The summed E-state index contributed by atoms with van der Waals surface area (Å²) >= 11 is 3.32. The minimum Gasteiger partial charge on any atom is -0.465 e. The molecule has 0 amide bonds. The van der Waals surface area contributed by atoms with E-state index in [1.165, 1.54) is 6.92 Å². The van der Waals surface area contributed by atoms with Crippen molar-refractivity contribution in [3.8, 4) is 0 Å². The first-order valence-corrected chi connectivity index (χ1v) is 6.99. The number of rotatable bonds is 7. The first-order valence-electron chi connectivity index (χ1n) is 6.19. The number of halogens is 1. The molecule has 0 fully saturated rings. The number of hydrogen-bond donors (Lipinski definition) is 1. The predicted octanol–water partition coefficient (Wildman–Crippen LogP) is 1.38. The van der Waals surface area contributed by atoms with Gasteiger partial charge in [-0.1, -0.05) is 0 Å². The number of ketones is 1. The zero-order chi connectivity index (χ0) is 15.1. The highest BCUT2D eigenvalue weighted by molar-refractivity contribution is 9.10. The average Bonchev–Trinajstić information content (AvgIpc) is 2.33. The van der Waals surface area contributed by atoms with Crippen LogP contribution in [-0.2, 0) is 20.9 Å². The number of anilines is 1. The van der Waals surface area contributed by atoms with Crippen molar-refractivity contribution >= 4 is 33.5 Å². The van der Waals surface area contributed by atoms with Crippen molar-refractivity contribution in [2.45, 2.75) is 20.4 Å². The smallest absolute Gasteiger partial charge is 0.320 e. The van der Waals surface area contributed by atoms with Crippen LogP contribution in [0.4, 0.5) is 5.82 Å². The molecule has 0 radical (unpaired) electrons. The Labute approximate surface area is 126 Å². The molecule has 0 bridgehead atoms. The molecule has 0 aliphatic carbocycles. The summed E-state index contributed by atoms with van der Waals surface area (Å²) in [6.45, 7) is 4.08. The molecule has 2 N–H and O–H groups in total. The Balaban J connectivity index is 2.80. The summed E-state index contributed by atoms with van der Waals surface area (Å²) in [5, 5.41) is 0. The van der Waals surface area contributed by atoms with Crippen LogP contribution in [0.15, 0.2) is 16.7 Å². The Morgan fingerprint density at radius 2 is 2.15 bits per heavy atom. The number of hydrogen-bond acceptors (Lipinski definition) is 6. The van der Waals surface area contributed by atoms with Crippen LogP contribution in [0.2, 0.25) is 0 Å². The van der Waals surface area contributed by atoms with Crippen molar-refractivity contribution in [3.05, 3.63) is 22.3 Å². The number of carbonyl (C=O) groups is 2. The van der Waals surface area contributed by atoms with Gasteiger partial charge in [-0.25, -0.2) is 4.98 Å².